The third-order valence-electron chi connectivity index (χ3n) is 3.43. The van der Waals surface area contributed by atoms with Crippen LogP contribution in [0.4, 0.5) is 11.4 Å². The Hall–Kier alpha value is -2.54. The fraction of sp³-hybridized carbons (Fsp3) is 0.0526. The molecule has 0 aliphatic carbocycles. The molecule has 2 aromatic rings. The number of fused-ring (bicyclic) bond motifs is 1. The summed E-state index contributed by atoms with van der Waals surface area (Å²) >= 11 is 0. The molecule has 1 nitrogen and oxygen atoms in total. The lowest BCUT2D eigenvalue weighted by Gasteiger charge is -2.39. The molecule has 0 aromatic heterocycles. The average Bonchev–Trinajstić information content (AvgIpc) is 2.47. The maximum Gasteiger partial charge on any atom is 0.0555 e. The average molecular weight is 259 g/mol. The first-order valence-electron chi connectivity index (χ1n) is 6.77. The summed E-state index contributed by atoms with van der Waals surface area (Å²) in [5.74, 6) is 0. The van der Waals surface area contributed by atoms with Gasteiger partial charge in [0, 0.05) is 11.3 Å². The van der Waals surface area contributed by atoms with Crippen LogP contribution in [0.2, 0.25) is 0 Å². The summed E-state index contributed by atoms with van der Waals surface area (Å²) in [6, 6.07) is 17.0. The normalized spacial score (nSPS) is 15.2. The molecule has 0 fully saturated rings. The molecule has 0 amide bonds. The highest BCUT2D eigenvalue weighted by Gasteiger charge is 2.29. The van der Waals surface area contributed by atoms with E-state index in [9.17, 15) is 0 Å². The lowest BCUT2D eigenvalue weighted by Crippen LogP contribution is -2.26. The van der Waals surface area contributed by atoms with Crippen molar-refractivity contribution in [1.82, 2.24) is 0 Å². The summed E-state index contributed by atoms with van der Waals surface area (Å²) in [6.45, 7) is 5.83. The highest BCUT2D eigenvalue weighted by atomic mass is 15.2. The van der Waals surface area contributed by atoms with E-state index in [2.05, 4.69) is 66.9 Å². The minimum absolute atomic E-state index is 1.20. The van der Waals surface area contributed by atoms with E-state index in [-0.39, 0.29) is 0 Å². The molecule has 0 unspecified atom stereocenters. The van der Waals surface area contributed by atoms with Crippen molar-refractivity contribution in [2.24, 2.45) is 0 Å². The lowest BCUT2D eigenvalue weighted by molar-refractivity contribution is 1.20. The Morgan fingerprint density at radius 2 is 1.80 bits per heavy atom. The lowest BCUT2D eigenvalue weighted by atomic mass is 9.95. The van der Waals surface area contributed by atoms with Gasteiger partial charge >= 0.3 is 0 Å². The van der Waals surface area contributed by atoms with Gasteiger partial charge in [-0.3, -0.25) is 0 Å². The molecule has 0 radical (unpaired) electrons. The number of anilines is 2. The van der Waals surface area contributed by atoms with E-state index in [4.69, 9.17) is 0 Å². The first-order valence-corrected chi connectivity index (χ1v) is 6.77. The van der Waals surface area contributed by atoms with Crippen molar-refractivity contribution in [2.75, 3.05) is 4.90 Å². The number of hydrogen-bond acceptors (Lipinski definition) is 1. The van der Waals surface area contributed by atoms with Gasteiger partial charge in [0.1, 0.15) is 0 Å². The fourth-order valence-corrected chi connectivity index (χ4v) is 2.49. The summed E-state index contributed by atoms with van der Waals surface area (Å²) in [7, 11) is 0. The van der Waals surface area contributed by atoms with Crippen LogP contribution in [-0.2, 0) is 0 Å². The highest BCUT2D eigenvalue weighted by molar-refractivity contribution is 6.03. The van der Waals surface area contributed by atoms with E-state index in [0.717, 1.165) is 0 Å². The number of nitrogens with zero attached hydrogens (tertiary/aromatic N) is 1. The number of para-hydroxylation sites is 1. The van der Waals surface area contributed by atoms with E-state index >= 15 is 0 Å². The minimum atomic E-state index is 1.20. The molecule has 1 heterocycles. The highest BCUT2D eigenvalue weighted by Crippen LogP contribution is 2.47. The van der Waals surface area contributed by atoms with Crippen molar-refractivity contribution in [3.8, 4) is 0 Å². The van der Waals surface area contributed by atoms with Crippen molar-refractivity contribution in [3.63, 3.8) is 0 Å². The van der Waals surface area contributed by atoms with Crippen LogP contribution in [0.5, 0.6) is 0 Å². The molecule has 1 heteroatoms. The van der Waals surface area contributed by atoms with Crippen LogP contribution in [0.3, 0.4) is 0 Å². The summed E-state index contributed by atoms with van der Waals surface area (Å²) < 4.78 is 0. The summed E-state index contributed by atoms with van der Waals surface area (Å²) in [6.07, 6.45) is 7.91. The molecule has 0 saturated carbocycles. The molecule has 1 aliphatic rings. The van der Waals surface area contributed by atoms with E-state index in [1.54, 1.807) is 6.08 Å². The third-order valence-corrected chi connectivity index (χ3v) is 3.43. The van der Waals surface area contributed by atoms with E-state index in [0.29, 0.717) is 0 Å². The molecule has 0 spiro atoms. The SMILES string of the molecule is C=C/C=C\C=C1\c2cc(C)ccc2N1c1ccccc1. The largest absolute Gasteiger partial charge is 0.309 e. The fourth-order valence-electron chi connectivity index (χ4n) is 2.49. The van der Waals surface area contributed by atoms with Crippen molar-refractivity contribution in [1.29, 1.82) is 0 Å². The van der Waals surface area contributed by atoms with Crippen LogP contribution >= 0.6 is 0 Å². The van der Waals surface area contributed by atoms with E-state index < -0.39 is 0 Å². The van der Waals surface area contributed by atoms with Gasteiger partial charge in [-0.25, -0.2) is 0 Å². The Morgan fingerprint density at radius 1 is 1.00 bits per heavy atom. The second-order valence-electron chi connectivity index (χ2n) is 4.86. The maximum atomic E-state index is 3.71. The van der Waals surface area contributed by atoms with Crippen LogP contribution in [-0.4, -0.2) is 0 Å². The Morgan fingerprint density at radius 3 is 2.55 bits per heavy atom. The molecule has 98 valence electrons. The summed E-state index contributed by atoms with van der Waals surface area (Å²) in [5, 5.41) is 0. The van der Waals surface area contributed by atoms with Crippen LogP contribution < -0.4 is 4.90 Å². The summed E-state index contributed by atoms with van der Waals surface area (Å²) in [4.78, 5) is 2.28. The van der Waals surface area contributed by atoms with Gasteiger partial charge in [0.25, 0.3) is 0 Å². The number of allylic oxidation sites excluding steroid dienone is 4. The first kappa shape index (κ1) is 12.5. The standard InChI is InChI=1S/C19H17N/c1-3-4-6-11-18-17-14-15(2)12-13-19(17)20(18)16-9-7-5-8-10-16/h3-14H,1H2,2H3/b6-4-,18-11-. The predicted molar refractivity (Wildman–Crippen MR) is 87.1 cm³/mol. The molecule has 0 bridgehead atoms. The number of rotatable bonds is 3. The first-order chi connectivity index (χ1) is 9.81. The van der Waals surface area contributed by atoms with Crippen molar-refractivity contribution >= 4 is 17.1 Å². The van der Waals surface area contributed by atoms with Crippen LogP contribution in [0.25, 0.3) is 5.70 Å². The Labute approximate surface area is 120 Å². The third kappa shape index (κ3) is 2.08. The van der Waals surface area contributed by atoms with Gasteiger partial charge < -0.3 is 4.90 Å². The quantitative estimate of drug-likeness (QED) is 0.682. The molecule has 0 atom stereocenters. The molecule has 0 saturated heterocycles. The molecular weight excluding hydrogens is 242 g/mol. The predicted octanol–water partition coefficient (Wildman–Crippen LogP) is 5.23. The molecule has 2 aromatic carbocycles. The number of aryl methyl sites for hydroxylation is 1. The topological polar surface area (TPSA) is 3.24 Å². The number of benzene rings is 2. The second kappa shape index (κ2) is 5.22. The second-order valence-corrected chi connectivity index (χ2v) is 4.86. The summed E-state index contributed by atoms with van der Waals surface area (Å²) in [5.41, 5.74) is 6.28. The van der Waals surface area contributed by atoms with E-state index in [1.165, 1.54) is 28.2 Å². The molecular formula is C19H17N. The Kier molecular flexibility index (Phi) is 3.26. The van der Waals surface area contributed by atoms with Crippen molar-refractivity contribution < 1.29 is 0 Å². The van der Waals surface area contributed by atoms with Gasteiger partial charge in [-0.2, -0.15) is 0 Å². The van der Waals surface area contributed by atoms with Crippen LogP contribution in [0.15, 0.2) is 79.4 Å². The molecule has 3 rings (SSSR count). The van der Waals surface area contributed by atoms with Gasteiger partial charge in [-0.15, -0.1) is 0 Å². The van der Waals surface area contributed by atoms with Crippen LogP contribution in [0.1, 0.15) is 11.1 Å². The molecule has 20 heavy (non-hydrogen) atoms. The van der Waals surface area contributed by atoms with Gasteiger partial charge in [-0.05, 0) is 37.3 Å². The van der Waals surface area contributed by atoms with Gasteiger partial charge in [0.15, 0.2) is 0 Å². The monoisotopic (exact) mass is 259 g/mol. The maximum absolute atomic E-state index is 3.71. The van der Waals surface area contributed by atoms with E-state index in [1.807, 2.05) is 18.2 Å². The molecule has 1 aliphatic heterocycles. The zero-order chi connectivity index (χ0) is 13.9. The van der Waals surface area contributed by atoms with Crippen LogP contribution in [0, 0.1) is 6.92 Å². The zero-order valence-corrected chi connectivity index (χ0v) is 11.6. The van der Waals surface area contributed by atoms with Crippen molar-refractivity contribution in [2.45, 2.75) is 6.92 Å². The molecule has 0 N–H and O–H groups in total. The number of hydrogen-bond donors (Lipinski definition) is 0. The Balaban J connectivity index is 2.08. The Bertz CT molecular complexity index is 693. The van der Waals surface area contributed by atoms with Gasteiger partial charge in [0.05, 0.1) is 11.4 Å². The smallest absolute Gasteiger partial charge is 0.0555 e. The van der Waals surface area contributed by atoms with Gasteiger partial charge in [-0.1, -0.05) is 54.6 Å². The zero-order valence-electron chi connectivity index (χ0n) is 11.6. The minimum Gasteiger partial charge on any atom is -0.309 e. The van der Waals surface area contributed by atoms with Crippen molar-refractivity contribution in [3.05, 3.63) is 90.5 Å². The van der Waals surface area contributed by atoms with Gasteiger partial charge in [0.2, 0.25) is 0 Å².